The SMILES string of the molecule is O=Cc1ccc(Sc2nnnn2C2CC2)nc1. The molecule has 0 N–H and O–H groups in total. The van der Waals surface area contributed by atoms with E-state index in [0.29, 0.717) is 11.6 Å². The lowest BCUT2D eigenvalue weighted by Crippen LogP contribution is -1.98. The summed E-state index contributed by atoms with van der Waals surface area (Å²) in [6.07, 6.45) is 4.59. The summed E-state index contributed by atoms with van der Waals surface area (Å²) in [5.41, 5.74) is 0.566. The average Bonchev–Trinajstić information content (AvgIpc) is 3.11. The van der Waals surface area contributed by atoms with Crippen molar-refractivity contribution in [1.29, 1.82) is 0 Å². The Hall–Kier alpha value is -1.76. The number of hydrogen-bond acceptors (Lipinski definition) is 6. The number of aldehydes is 1. The molecule has 0 amide bonds. The van der Waals surface area contributed by atoms with Gasteiger partial charge < -0.3 is 0 Å². The van der Waals surface area contributed by atoms with E-state index < -0.39 is 0 Å². The number of hydrogen-bond donors (Lipinski definition) is 0. The predicted octanol–water partition coefficient (Wildman–Crippen LogP) is 1.37. The summed E-state index contributed by atoms with van der Waals surface area (Å²) < 4.78 is 1.83. The summed E-state index contributed by atoms with van der Waals surface area (Å²) in [7, 11) is 0. The number of nitrogens with zero attached hydrogens (tertiary/aromatic N) is 5. The van der Waals surface area contributed by atoms with Crippen molar-refractivity contribution in [3.8, 4) is 0 Å². The molecule has 0 unspecified atom stereocenters. The molecule has 2 heterocycles. The van der Waals surface area contributed by atoms with Crippen molar-refractivity contribution in [2.24, 2.45) is 0 Å². The van der Waals surface area contributed by atoms with Gasteiger partial charge in [0.25, 0.3) is 0 Å². The Morgan fingerprint density at radius 1 is 1.41 bits per heavy atom. The van der Waals surface area contributed by atoms with Crippen molar-refractivity contribution in [1.82, 2.24) is 25.2 Å². The lowest BCUT2D eigenvalue weighted by Gasteiger charge is -2.01. The normalized spacial score (nSPS) is 14.8. The zero-order chi connectivity index (χ0) is 11.7. The highest BCUT2D eigenvalue weighted by Crippen LogP contribution is 2.37. The average molecular weight is 247 g/mol. The van der Waals surface area contributed by atoms with Crippen LogP contribution < -0.4 is 0 Å². The number of carbonyl (C=O) groups excluding carboxylic acids is 1. The highest BCUT2D eigenvalue weighted by atomic mass is 32.2. The Kier molecular flexibility index (Phi) is 2.60. The van der Waals surface area contributed by atoms with Gasteiger partial charge in [0.2, 0.25) is 5.16 Å². The first-order valence-corrected chi connectivity index (χ1v) is 6.05. The van der Waals surface area contributed by atoms with E-state index in [2.05, 4.69) is 20.5 Å². The smallest absolute Gasteiger partial charge is 0.215 e. The van der Waals surface area contributed by atoms with Gasteiger partial charge in [0.1, 0.15) is 5.03 Å². The minimum Gasteiger partial charge on any atom is -0.298 e. The Morgan fingerprint density at radius 2 is 2.29 bits per heavy atom. The number of carbonyl (C=O) groups is 1. The largest absolute Gasteiger partial charge is 0.298 e. The second kappa shape index (κ2) is 4.25. The van der Waals surface area contributed by atoms with Gasteiger partial charge >= 0.3 is 0 Å². The minimum atomic E-state index is 0.446. The van der Waals surface area contributed by atoms with Crippen LogP contribution in [0.15, 0.2) is 28.5 Å². The summed E-state index contributed by atoms with van der Waals surface area (Å²) in [6.45, 7) is 0. The predicted molar refractivity (Wildman–Crippen MR) is 59.8 cm³/mol. The Bertz CT molecular complexity index is 534. The van der Waals surface area contributed by atoms with Gasteiger partial charge in [-0.3, -0.25) is 4.79 Å². The molecule has 1 saturated carbocycles. The van der Waals surface area contributed by atoms with Crippen LogP contribution in [0.5, 0.6) is 0 Å². The summed E-state index contributed by atoms with van der Waals surface area (Å²) in [5.74, 6) is 0. The third kappa shape index (κ3) is 2.19. The van der Waals surface area contributed by atoms with Gasteiger partial charge in [-0.2, -0.15) is 0 Å². The standard InChI is InChI=1S/C10H9N5OS/c16-6-7-1-4-9(11-5-7)17-10-12-13-14-15(10)8-2-3-8/h1,4-6,8H,2-3H2. The molecule has 0 radical (unpaired) electrons. The highest BCUT2D eigenvalue weighted by Gasteiger charge is 2.28. The van der Waals surface area contributed by atoms with E-state index >= 15 is 0 Å². The topological polar surface area (TPSA) is 73.6 Å². The van der Waals surface area contributed by atoms with E-state index in [1.807, 2.05) is 4.68 Å². The Labute approximate surface area is 101 Å². The molecular weight excluding hydrogens is 238 g/mol. The second-order valence-electron chi connectivity index (χ2n) is 3.79. The van der Waals surface area contributed by atoms with Gasteiger partial charge in [-0.1, -0.05) is 0 Å². The quantitative estimate of drug-likeness (QED) is 0.760. The van der Waals surface area contributed by atoms with E-state index in [1.54, 1.807) is 18.3 Å². The Morgan fingerprint density at radius 3 is 2.94 bits per heavy atom. The van der Waals surface area contributed by atoms with Crippen molar-refractivity contribution in [2.75, 3.05) is 0 Å². The molecule has 6 nitrogen and oxygen atoms in total. The number of aromatic nitrogens is 5. The Balaban J connectivity index is 1.80. The summed E-state index contributed by atoms with van der Waals surface area (Å²) in [6, 6.07) is 3.97. The van der Waals surface area contributed by atoms with Crippen molar-refractivity contribution < 1.29 is 4.79 Å². The molecule has 86 valence electrons. The lowest BCUT2D eigenvalue weighted by atomic mass is 10.3. The molecule has 2 aromatic heterocycles. The summed E-state index contributed by atoms with van der Waals surface area (Å²) in [5, 5.41) is 13.1. The molecule has 1 fully saturated rings. The zero-order valence-corrected chi connectivity index (χ0v) is 9.67. The second-order valence-corrected chi connectivity index (χ2v) is 4.77. The van der Waals surface area contributed by atoms with Gasteiger partial charge in [-0.15, -0.1) is 5.10 Å². The fourth-order valence-corrected chi connectivity index (χ4v) is 2.20. The van der Waals surface area contributed by atoms with Crippen molar-refractivity contribution in [3.05, 3.63) is 23.9 Å². The first-order chi connectivity index (χ1) is 8.36. The monoisotopic (exact) mass is 247 g/mol. The molecule has 17 heavy (non-hydrogen) atoms. The molecular formula is C10H9N5OS. The van der Waals surface area contributed by atoms with E-state index in [-0.39, 0.29) is 0 Å². The van der Waals surface area contributed by atoms with E-state index in [0.717, 1.165) is 29.3 Å². The minimum absolute atomic E-state index is 0.446. The van der Waals surface area contributed by atoms with Gasteiger partial charge in [-0.05, 0) is 47.2 Å². The molecule has 2 aromatic rings. The van der Waals surface area contributed by atoms with Crippen LogP contribution in [0.3, 0.4) is 0 Å². The van der Waals surface area contributed by atoms with Crippen LogP contribution in [0, 0.1) is 0 Å². The molecule has 0 aromatic carbocycles. The van der Waals surface area contributed by atoms with E-state index in [4.69, 9.17) is 0 Å². The van der Waals surface area contributed by atoms with Gasteiger partial charge in [0, 0.05) is 11.8 Å². The zero-order valence-electron chi connectivity index (χ0n) is 8.85. The maximum absolute atomic E-state index is 10.5. The third-order valence-electron chi connectivity index (χ3n) is 2.45. The first kappa shape index (κ1) is 10.4. The van der Waals surface area contributed by atoms with Crippen molar-refractivity contribution in [2.45, 2.75) is 29.1 Å². The molecule has 0 spiro atoms. The molecule has 3 rings (SSSR count). The van der Waals surface area contributed by atoms with Crippen molar-refractivity contribution >= 4 is 18.0 Å². The molecule has 0 aliphatic heterocycles. The van der Waals surface area contributed by atoms with Crippen LogP contribution in [0.25, 0.3) is 0 Å². The fourth-order valence-electron chi connectivity index (χ4n) is 1.42. The van der Waals surface area contributed by atoms with Crippen LogP contribution in [-0.2, 0) is 0 Å². The number of tetrazole rings is 1. The lowest BCUT2D eigenvalue weighted by molar-refractivity contribution is 0.112. The van der Waals surface area contributed by atoms with Crippen LogP contribution in [0.4, 0.5) is 0 Å². The third-order valence-corrected chi connectivity index (χ3v) is 3.35. The summed E-state index contributed by atoms with van der Waals surface area (Å²) >= 11 is 1.41. The molecule has 0 bridgehead atoms. The fraction of sp³-hybridized carbons (Fsp3) is 0.300. The molecule has 0 saturated heterocycles. The number of pyridine rings is 1. The van der Waals surface area contributed by atoms with Crippen LogP contribution in [-0.4, -0.2) is 31.5 Å². The maximum atomic E-state index is 10.5. The van der Waals surface area contributed by atoms with E-state index in [9.17, 15) is 4.79 Å². The summed E-state index contributed by atoms with van der Waals surface area (Å²) in [4.78, 5) is 14.7. The van der Waals surface area contributed by atoms with E-state index in [1.165, 1.54) is 11.8 Å². The maximum Gasteiger partial charge on any atom is 0.215 e. The number of rotatable bonds is 4. The van der Waals surface area contributed by atoms with Gasteiger partial charge in [-0.25, -0.2) is 9.67 Å². The van der Waals surface area contributed by atoms with Crippen LogP contribution in [0.1, 0.15) is 29.2 Å². The van der Waals surface area contributed by atoms with Crippen LogP contribution in [0.2, 0.25) is 0 Å². The van der Waals surface area contributed by atoms with Crippen LogP contribution >= 0.6 is 11.8 Å². The molecule has 0 atom stereocenters. The van der Waals surface area contributed by atoms with Crippen molar-refractivity contribution in [3.63, 3.8) is 0 Å². The van der Waals surface area contributed by atoms with Gasteiger partial charge in [0.15, 0.2) is 6.29 Å². The first-order valence-electron chi connectivity index (χ1n) is 5.24. The molecule has 7 heteroatoms. The highest BCUT2D eigenvalue weighted by molar-refractivity contribution is 7.99. The molecule has 1 aliphatic rings. The molecule has 1 aliphatic carbocycles. The van der Waals surface area contributed by atoms with Gasteiger partial charge in [0.05, 0.1) is 6.04 Å².